The first-order valence-electron chi connectivity index (χ1n) is 26.9. The van der Waals surface area contributed by atoms with Crippen molar-refractivity contribution in [1.29, 1.82) is 0 Å². The average Bonchev–Trinajstić information content (AvgIpc) is 4.22. The van der Waals surface area contributed by atoms with E-state index < -0.39 is 17.7 Å². The molecular formula is C60H70N4O7. The molecule has 11 nitrogen and oxygen atoms in total. The fourth-order valence-corrected chi connectivity index (χ4v) is 18.7. The number of allylic oxidation sites excluding steroid dienone is 1. The van der Waals surface area contributed by atoms with E-state index in [4.69, 9.17) is 4.98 Å². The second-order valence-electron chi connectivity index (χ2n) is 23.9. The summed E-state index contributed by atoms with van der Waals surface area (Å²) in [6.07, 6.45) is 29.9. The van der Waals surface area contributed by atoms with Gasteiger partial charge in [0.25, 0.3) is 0 Å². The number of aromatic amines is 1. The smallest absolute Gasteiger partial charge is 0.169 e. The molecule has 4 aromatic carbocycles. The number of rotatable bonds is 7. The first-order valence-corrected chi connectivity index (χ1v) is 26.9. The number of phenolic OH excluding ortho intramolecular Hbond substituents is 5. The number of imidazole rings is 1. The van der Waals surface area contributed by atoms with Gasteiger partial charge in [-0.2, -0.15) is 0 Å². The number of nitrogens with zero attached hydrogens (tertiary/aromatic N) is 1. The van der Waals surface area contributed by atoms with Crippen LogP contribution in [0.4, 0.5) is 0 Å². The number of aromatic hydroxyl groups is 5. The largest absolute Gasteiger partial charge is 0.507 e. The van der Waals surface area contributed by atoms with Crippen LogP contribution in [0, 0.1) is 39.9 Å². The van der Waals surface area contributed by atoms with Gasteiger partial charge in [-0.1, -0.05) is 92.5 Å². The molecule has 2 saturated heterocycles. The van der Waals surface area contributed by atoms with Gasteiger partial charge >= 0.3 is 0 Å². The molecule has 11 heteroatoms. The Morgan fingerprint density at radius 3 is 2.38 bits per heavy atom. The molecule has 0 bridgehead atoms. The second kappa shape index (κ2) is 16.6. The van der Waals surface area contributed by atoms with Gasteiger partial charge < -0.3 is 46.0 Å². The standard InChI is InChI=1S/C60H70N4O7/c65-45-20-14-36(28-48(45)68)13-18-40-41-8-3-9-46(66)51(41)53(71)52(70)42(40)19-12-35-10-15-37(16-11-35)44-30-56(31-50(69)64-57(33-56)22-1-2-23-57)43-29-39-7-5-25-59(39)27-26-58-24-4-6-38(58)17-21-47(67)54(58)60(59,55(43)63-44)49-32-61-34-62-49/h3,8-11,13-18,20-21,28,32,34,38-39,43-44,47,50,54-55,63-71H,1-2,4-7,12,19,22-27,29-31,33H2,(H,61,62). The van der Waals surface area contributed by atoms with Crippen molar-refractivity contribution in [2.75, 3.05) is 0 Å². The number of aryl methyl sites for hydroxylation is 1. The minimum absolute atomic E-state index is 0.00242. The number of aromatic nitrogens is 2. The molecule has 6 aliphatic carbocycles. The van der Waals surface area contributed by atoms with Crippen molar-refractivity contribution in [3.63, 3.8) is 0 Å². The van der Waals surface area contributed by atoms with Gasteiger partial charge in [0.15, 0.2) is 23.0 Å². The molecular weight excluding hydrogens is 889 g/mol. The summed E-state index contributed by atoms with van der Waals surface area (Å²) in [5.74, 6) is 0.0747. The summed E-state index contributed by atoms with van der Waals surface area (Å²) in [5, 5.41) is 88.1. The molecule has 5 aromatic rings. The predicted octanol–water partition coefficient (Wildman–Crippen LogP) is 10.3. The molecule has 12 atom stereocenters. The Labute approximate surface area is 416 Å². The molecule has 0 amide bonds. The van der Waals surface area contributed by atoms with Crippen molar-refractivity contribution in [2.45, 2.75) is 151 Å². The van der Waals surface area contributed by atoms with Crippen LogP contribution in [0.1, 0.15) is 142 Å². The van der Waals surface area contributed by atoms with Crippen molar-refractivity contribution in [2.24, 2.45) is 39.9 Å². The Kier molecular flexibility index (Phi) is 10.6. The minimum Gasteiger partial charge on any atom is -0.507 e. The molecule has 8 aliphatic rings. The molecule has 7 fully saturated rings. The van der Waals surface area contributed by atoms with E-state index in [9.17, 15) is 35.7 Å². The van der Waals surface area contributed by atoms with Crippen LogP contribution in [0.15, 0.2) is 85.3 Å². The van der Waals surface area contributed by atoms with Gasteiger partial charge in [-0.3, -0.25) is 5.32 Å². The van der Waals surface area contributed by atoms with Crippen LogP contribution < -0.4 is 10.6 Å². The Morgan fingerprint density at radius 2 is 1.58 bits per heavy atom. The second-order valence-corrected chi connectivity index (χ2v) is 23.9. The Morgan fingerprint density at radius 1 is 0.746 bits per heavy atom. The predicted molar refractivity (Wildman–Crippen MR) is 274 cm³/mol. The molecule has 12 unspecified atom stereocenters. The summed E-state index contributed by atoms with van der Waals surface area (Å²) < 4.78 is 0. The zero-order valence-electron chi connectivity index (χ0n) is 40.7. The lowest BCUT2D eigenvalue weighted by Crippen LogP contribution is -2.79. The number of benzene rings is 4. The van der Waals surface area contributed by atoms with Gasteiger partial charge in [-0.15, -0.1) is 0 Å². The fraction of sp³-hybridized carbons (Fsp3) is 0.517. The van der Waals surface area contributed by atoms with Crippen molar-refractivity contribution < 1.29 is 35.7 Å². The summed E-state index contributed by atoms with van der Waals surface area (Å²) >= 11 is 0. The van der Waals surface area contributed by atoms with Gasteiger partial charge in [0.2, 0.25) is 0 Å². The SMILES string of the molecule is Oc1ccc(C=Cc2c(CCc3ccc(C4CC5(CC(O)NC6(CCCC6)C5)C5CC6CCCC67CCC68CCCC6C=CC(O)C8C7(c6cnc[nH]6)C5N4)cc3)c(O)c(O)c3c(O)cccc23)cc1O. The third-order valence-corrected chi connectivity index (χ3v) is 21.1. The highest BCUT2D eigenvalue weighted by molar-refractivity contribution is 6.03. The molecule has 71 heavy (non-hydrogen) atoms. The van der Waals surface area contributed by atoms with Crippen molar-refractivity contribution >= 4 is 22.9 Å². The first kappa shape index (κ1) is 45.5. The summed E-state index contributed by atoms with van der Waals surface area (Å²) in [6, 6.07) is 18.6. The van der Waals surface area contributed by atoms with E-state index in [0.717, 1.165) is 50.5 Å². The molecule has 2 aliphatic heterocycles. The summed E-state index contributed by atoms with van der Waals surface area (Å²) in [5.41, 5.74) is 4.70. The van der Waals surface area contributed by atoms with Crippen molar-refractivity contribution in [1.82, 2.24) is 20.6 Å². The lowest BCUT2D eigenvalue weighted by Gasteiger charge is -2.75. The molecule has 372 valence electrons. The molecule has 4 spiro atoms. The van der Waals surface area contributed by atoms with E-state index in [1.54, 1.807) is 18.2 Å². The number of nitrogens with one attached hydrogen (secondary N) is 3. The molecule has 3 heterocycles. The molecule has 1 aromatic heterocycles. The third-order valence-electron chi connectivity index (χ3n) is 21.1. The zero-order chi connectivity index (χ0) is 48.5. The highest BCUT2D eigenvalue weighted by atomic mass is 16.3. The average molecular weight is 959 g/mol. The molecule has 0 radical (unpaired) electrons. The van der Waals surface area contributed by atoms with E-state index in [-0.39, 0.29) is 73.9 Å². The normalized spacial score (nSPS) is 36.8. The maximum Gasteiger partial charge on any atom is 0.169 e. The Balaban J connectivity index is 0.896. The van der Waals surface area contributed by atoms with Gasteiger partial charge in [-0.05, 0) is 170 Å². The Hall–Kier alpha value is -5.33. The quantitative estimate of drug-likeness (QED) is 0.0426. The van der Waals surface area contributed by atoms with Crippen molar-refractivity contribution in [3.05, 3.63) is 119 Å². The Bertz CT molecular complexity index is 2930. The van der Waals surface area contributed by atoms with Gasteiger partial charge in [0.05, 0.1) is 17.8 Å². The van der Waals surface area contributed by atoms with E-state index in [2.05, 4.69) is 58.2 Å². The molecule has 13 rings (SSSR count). The highest BCUT2D eigenvalue weighted by Gasteiger charge is 2.78. The summed E-state index contributed by atoms with van der Waals surface area (Å²) in [7, 11) is 0. The van der Waals surface area contributed by atoms with Crippen LogP contribution in [0.2, 0.25) is 0 Å². The number of hydrogen-bond acceptors (Lipinski definition) is 10. The maximum absolute atomic E-state index is 12.9. The van der Waals surface area contributed by atoms with Crippen LogP contribution in [0.3, 0.4) is 0 Å². The highest BCUT2D eigenvalue weighted by Crippen LogP contribution is 2.79. The van der Waals surface area contributed by atoms with Crippen molar-refractivity contribution in [3.8, 4) is 28.7 Å². The van der Waals surface area contributed by atoms with E-state index >= 15 is 0 Å². The number of fused-ring (bicyclic) bond motifs is 5. The fourth-order valence-electron chi connectivity index (χ4n) is 18.7. The number of aliphatic hydroxyl groups excluding tert-OH is 2. The van der Waals surface area contributed by atoms with E-state index in [1.807, 2.05) is 18.5 Å². The molecule has 10 N–H and O–H groups in total. The lowest BCUT2D eigenvalue weighted by molar-refractivity contribution is -0.223. The van der Waals surface area contributed by atoms with Crippen LogP contribution >= 0.6 is 0 Å². The molecule has 5 saturated carbocycles. The first-order chi connectivity index (χ1) is 34.4. The van der Waals surface area contributed by atoms with E-state index in [0.29, 0.717) is 52.7 Å². The van der Waals surface area contributed by atoms with Crippen LogP contribution in [0.5, 0.6) is 28.7 Å². The number of phenols is 5. The van der Waals surface area contributed by atoms with Gasteiger partial charge in [-0.25, -0.2) is 4.98 Å². The van der Waals surface area contributed by atoms with Crippen LogP contribution in [-0.2, 0) is 18.3 Å². The lowest BCUT2D eigenvalue weighted by atomic mass is 9.31. The number of H-pyrrole nitrogens is 1. The number of aliphatic hydroxyl groups is 2. The van der Waals surface area contributed by atoms with E-state index in [1.165, 1.54) is 87.2 Å². The van der Waals surface area contributed by atoms with Crippen LogP contribution in [0.25, 0.3) is 22.9 Å². The zero-order valence-corrected chi connectivity index (χ0v) is 40.7. The monoisotopic (exact) mass is 959 g/mol. The number of piperidine rings is 2. The van der Waals surface area contributed by atoms with Crippen LogP contribution in [-0.4, -0.2) is 69.6 Å². The van der Waals surface area contributed by atoms with Gasteiger partial charge in [0.1, 0.15) is 12.0 Å². The topological polar surface area (TPSA) is 194 Å². The summed E-state index contributed by atoms with van der Waals surface area (Å²) in [6.45, 7) is 0. The maximum atomic E-state index is 12.9. The van der Waals surface area contributed by atoms with Gasteiger partial charge in [0, 0.05) is 46.4 Å². The third kappa shape index (κ3) is 6.63. The minimum atomic E-state index is -0.579. The summed E-state index contributed by atoms with van der Waals surface area (Å²) in [4.78, 5) is 8.68. The number of hydrogen-bond donors (Lipinski definition) is 10.